The highest BCUT2D eigenvalue weighted by Gasteiger charge is 2.47. The number of aromatic nitrogens is 3. The Balaban J connectivity index is 1.14. The smallest absolute Gasteiger partial charge is 0.266 e. The summed E-state index contributed by atoms with van der Waals surface area (Å²) in [4.78, 5) is 7.11. The van der Waals surface area contributed by atoms with Gasteiger partial charge in [0.1, 0.15) is 40.3 Å². The third-order valence-corrected chi connectivity index (χ3v) is 9.67. The molecule has 8 heteroatoms. The first kappa shape index (κ1) is 25.1. The van der Waals surface area contributed by atoms with E-state index in [9.17, 15) is 0 Å². The molecule has 5 aromatic carbocycles. The van der Waals surface area contributed by atoms with Gasteiger partial charge < -0.3 is 23.3 Å². The van der Waals surface area contributed by atoms with Crippen molar-refractivity contribution in [3.05, 3.63) is 127 Å². The predicted octanol–water partition coefficient (Wildman–Crippen LogP) is 7.25. The lowest BCUT2D eigenvalue weighted by Gasteiger charge is -2.42. The molecule has 0 fully saturated rings. The van der Waals surface area contributed by atoms with E-state index in [1.54, 1.807) is 10.6 Å². The van der Waals surface area contributed by atoms with Crippen LogP contribution in [-0.2, 0) is 12.4 Å². The fourth-order valence-electron chi connectivity index (χ4n) is 7.42. The zero-order chi connectivity index (χ0) is 35.5. The number of nitrogens with zero attached hydrogens (tertiary/aromatic N) is 4. The lowest BCUT2D eigenvalue weighted by molar-refractivity contribution is -0.649. The molecule has 0 unspecified atom stereocenters. The molecule has 49 heavy (non-hydrogen) atoms. The molecule has 7 aromatic rings. The third-order valence-electron chi connectivity index (χ3n) is 9.67. The summed E-state index contributed by atoms with van der Waals surface area (Å²) in [5, 5.41) is 0. The van der Waals surface area contributed by atoms with E-state index >= 15 is 0 Å². The van der Waals surface area contributed by atoms with Crippen LogP contribution in [0.15, 0.2) is 115 Å². The second-order valence-electron chi connectivity index (χ2n) is 13.7. The summed E-state index contributed by atoms with van der Waals surface area (Å²) in [6, 6.07) is 35.3. The highest BCUT2D eigenvalue weighted by atomic mass is 16.5. The van der Waals surface area contributed by atoms with Gasteiger partial charge in [0, 0.05) is 29.5 Å². The molecule has 0 saturated carbocycles. The topological polar surface area (TPSA) is 52.6 Å². The number of ether oxygens (including phenoxy) is 3. The van der Waals surface area contributed by atoms with E-state index in [1.807, 2.05) is 85.1 Å². The number of rotatable bonds is 4. The molecule has 0 bridgehead atoms. The molecule has 2 aromatic heterocycles. The molecule has 0 atom stereocenters. The zero-order valence-electron chi connectivity index (χ0n) is 30.1. The summed E-state index contributed by atoms with van der Waals surface area (Å²) in [6.07, 6.45) is 4.92. The lowest BCUT2D eigenvalue weighted by atomic mass is 9.33. The van der Waals surface area contributed by atoms with Crippen molar-refractivity contribution in [1.29, 1.82) is 0 Å². The Morgan fingerprint density at radius 3 is 2.35 bits per heavy atom. The lowest BCUT2D eigenvalue weighted by Crippen LogP contribution is -2.61. The van der Waals surface area contributed by atoms with Crippen LogP contribution in [-0.4, -0.2) is 16.3 Å². The Morgan fingerprint density at radius 1 is 0.755 bits per heavy atom. The van der Waals surface area contributed by atoms with Crippen molar-refractivity contribution in [1.82, 2.24) is 9.55 Å². The number of hydrogen-bond acceptors (Lipinski definition) is 5. The van der Waals surface area contributed by atoms with E-state index in [1.165, 1.54) is 4.57 Å². The molecule has 0 amide bonds. The number of fused-ring (bicyclic) bond motifs is 1. The highest BCUT2D eigenvalue weighted by molar-refractivity contribution is 7.00. The Kier molecular flexibility index (Phi) is 5.11. The molecule has 0 aliphatic carbocycles. The Labute approximate surface area is 288 Å². The van der Waals surface area contributed by atoms with Crippen molar-refractivity contribution >= 4 is 51.3 Å². The van der Waals surface area contributed by atoms with Gasteiger partial charge in [0.15, 0.2) is 0 Å². The van der Waals surface area contributed by atoms with Gasteiger partial charge in [-0.05, 0) is 70.4 Å². The van der Waals surface area contributed by atoms with Gasteiger partial charge in [-0.25, -0.2) is 4.98 Å². The molecule has 0 N–H and O–H groups in total. The maximum Gasteiger partial charge on any atom is 0.266 e. The van der Waals surface area contributed by atoms with Crippen molar-refractivity contribution in [2.24, 2.45) is 6.98 Å². The summed E-state index contributed by atoms with van der Waals surface area (Å²) >= 11 is 0. The zero-order valence-corrected chi connectivity index (χ0v) is 27.1. The number of imidazole rings is 1. The Morgan fingerprint density at radius 2 is 1.51 bits per heavy atom. The standard InChI is InChI=1S/C41H31BN4O3/c1-41(2,3)25-18-19-43-37(20-25)46-31-14-8-15-33-38(31)42-39-32(46)22-28(23-36(39)49-35-17-9-16-34(48-33)40(35)42)47-27-11-7-10-26(21-27)45-24-44(4)29-12-5-6-13-30(29)45/h5-23H,1-4H3/i4D3. The van der Waals surface area contributed by atoms with Gasteiger partial charge in [0.2, 0.25) is 6.33 Å². The summed E-state index contributed by atoms with van der Waals surface area (Å²) in [7, 11) is 0. The minimum Gasteiger partial charge on any atom is -0.458 e. The van der Waals surface area contributed by atoms with E-state index in [2.05, 4.69) is 56.3 Å². The van der Waals surface area contributed by atoms with Crippen LogP contribution in [0.5, 0.6) is 34.5 Å². The largest absolute Gasteiger partial charge is 0.458 e. The monoisotopic (exact) mass is 641 g/mol. The molecular formula is C41H31BN4O3. The molecule has 236 valence electrons. The minimum atomic E-state index is -2.39. The third kappa shape index (κ3) is 4.16. The molecule has 0 spiro atoms. The highest BCUT2D eigenvalue weighted by Crippen LogP contribution is 2.47. The van der Waals surface area contributed by atoms with Crippen molar-refractivity contribution in [2.75, 3.05) is 4.90 Å². The van der Waals surface area contributed by atoms with Gasteiger partial charge in [-0.15, -0.1) is 0 Å². The summed E-state index contributed by atoms with van der Waals surface area (Å²) in [5.74, 6) is 4.97. The molecule has 0 radical (unpaired) electrons. The summed E-state index contributed by atoms with van der Waals surface area (Å²) < 4.78 is 47.1. The molecular weight excluding hydrogens is 607 g/mol. The van der Waals surface area contributed by atoms with Crippen LogP contribution in [0.2, 0.25) is 0 Å². The number of benzene rings is 5. The molecule has 7 nitrogen and oxygen atoms in total. The molecule has 0 saturated heterocycles. The fraction of sp³-hybridized carbons (Fsp3) is 0.122. The normalized spacial score (nSPS) is 14.7. The van der Waals surface area contributed by atoms with Crippen LogP contribution in [0, 0.1) is 6.33 Å². The van der Waals surface area contributed by atoms with Gasteiger partial charge in [-0.1, -0.05) is 69.3 Å². The molecule has 3 aliphatic heterocycles. The SMILES string of the molecule is [2H]C([2H])([2H])[n+]1[c-]n(-c2cccc(Oc3cc4c5c(c3)N(c3cc(C(C)(C)C)ccn3)c3cccc6c3B5c3c(cccc3O4)O6)c2)c2ccccc21. The van der Waals surface area contributed by atoms with Gasteiger partial charge in [0.25, 0.3) is 6.71 Å². The number of anilines is 3. The van der Waals surface area contributed by atoms with Crippen LogP contribution in [0.3, 0.4) is 0 Å². The van der Waals surface area contributed by atoms with Crippen LogP contribution in [0.25, 0.3) is 16.7 Å². The van der Waals surface area contributed by atoms with Crippen molar-refractivity contribution in [2.45, 2.75) is 26.2 Å². The van der Waals surface area contributed by atoms with Crippen LogP contribution < -0.4 is 40.1 Å². The number of para-hydroxylation sites is 2. The van der Waals surface area contributed by atoms with Crippen molar-refractivity contribution < 1.29 is 22.9 Å². The van der Waals surface area contributed by atoms with Gasteiger partial charge >= 0.3 is 0 Å². The first-order valence-electron chi connectivity index (χ1n) is 17.8. The predicted molar refractivity (Wildman–Crippen MR) is 192 cm³/mol. The van der Waals surface area contributed by atoms with E-state index < -0.39 is 6.98 Å². The summed E-state index contributed by atoms with van der Waals surface area (Å²) in [5.41, 5.74) is 8.06. The van der Waals surface area contributed by atoms with E-state index in [-0.39, 0.29) is 12.1 Å². The average Bonchev–Trinajstić information content (AvgIpc) is 3.52. The van der Waals surface area contributed by atoms with Gasteiger partial charge in [-0.3, -0.25) is 4.90 Å². The minimum absolute atomic E-state index is 0.0904. The van der Waals surface area contributed by atoms with Gasteiger partial charge in [-0.2, -0.15) is 0 Å². The maximum absolute atomic E-state index is 8.08. The molecule has 3 aliphatic rings. The number of pyridine rings is 1. The van der Waals surface area contributed by atoms with Crippen LogP contribution in [0.4, 0.5) is 17.2 Å². The van der Waals surface area contributed by atoms with E-state index in [4.69, 9.17) is 23.3 Å². The van der Waals surface area contributed by atoms with Gasteiger partial charge in [0.05, 0.1) is 33.5 Å². The van der Waals surface area contributed by atoms with E-state index in [0.717, 1.165) is 61.9 Å². The average molecular weight is 642 g/mol. The Bertz CT molecular complexity index is 2630. The Hall–Kier alpha value is -6.02. The van der Waals surface area contributed by atoms with Crippen molar-refractivity contribution in [3.8, 4) is 40.2 Å². The number of aryl methyl sites for hydroxylation is 1. The van der Waals surface area contributed by atoms with E-state index in [0.29, 0.717) is 28.5 Å². The van der Waals surface area contributed by atoms with Crippen LogP contribution in [0.1, 0.15) is 30.4 Å². The quantitative estimate of drug-likeness (QED) is 0.115. The second-order valence-corrected chi connectivity index (χ2v) is 13.7. The first-order valence-corrected chi connectivity index (χ1v) is 16.3. The molecule has 5 heterocycles. The number of hydrogen-bond donors (Lipinski definition) is 0. The summed E-state index contributed by atoms with van der Waals surface area (Å²) in [6.45, 7) is 4.10. The second kappa shape index (κ2) is 10.00. The van der Waals surface area contributed by atoms with Crippen molar-refractivity contribution in [3.63, 3.8) is 0 Å². The fourth-order valence-corrected chi connectivity index (χ4v) is 7.42. The van der Waals surface area contributed by atoms with Crippen LogP contribution >= 0.6 is 0 Å². The first-order chi connectivity index (χ1) is 25.0. The molecule has 10 rings (SSSR count). The maximum atomic E-state index is 8.08.